The van der Waals surface area contributed by atoms with Gasteiger partial charge in [-0.2, -0.15) is 0 Å². The van der Waals surface area contributed by atoms with Crippen molar-refractivity contribution in [1.29, 1.82) is 0 Å². The first-order valence-electron chi connectivity index (χ1n) is 8.45. The molecule has 0 radical (unpaired) electrons. The molecule has 0 spiro atoms. The van der Waals surface area contributed by atoms with Crippen LogP contribution in [0.4, 0.5) is 9.18 Å². The fourth-order valence-electron chi connectivity index (χ4n) is 3.46. The second-order valence-electron chi connectivity index (χ2n) is 7.61. The minimum atomic E-state index is -0.820. The SMILES string of the molecule is CC(C)(C)OC(=O)N1CCCC(N2Cc3ccc(F)cc3C2O)C1. The zero-order valence-electron chi connectivity index (χ0n) is 14.5. The van der Waals surface area contributed by atoms with Crippen LogP contribution >= 0.6 is 0 Å². The molecule has 0 saturated carbocycles. The Morgan fingerprint density at radius 3 is 2.83 bits per heavy atom. The number of nitrogens with zero attached hydrogens (tertiary/aromatic N) is 2. The fourth-order valence-corrected chi connectivity index (χ4v) is 3.46. The summed E-state index contributed by atoms with van der Waals surface area (Å²) in [4.78, 5) is 15.9. The molecule has 1 aromatic carbocycles. The largest absolute Gasteiger partial charge is 0.444 e. The Balaban J connectivity index is 1.69. The molecule has 0 aromatic heterocycles. The quantitative estimate of drug-likeness (QED) is 0.856. The lowest BCUT2D eigenvalue weighted by molar-refractivity contribution is -0.0427. The van der Waals surface area contributed by atoms with Gasteiger partial charge in [-0.05, 0) is 51.3 Å². The van der Waals surface area contributed by atoms with Crippen LogP contribution in [0.3, 0.4) is 0 Å². The zero-order valence-corrected chi connectivity index (χ0v) is 14.5. The first kappa shape index (κ1) is 17.2. The third-order valence-electron chi connectivity index (χ3n) is 4.57. The molecule has 2 heterocycles. The average Bonchev–Trinajstić information content (AvgIpc) is 2.83. The number of carbonyl (C=O) groups excluding carboxylic acids is 1. The van der Waals surface area contributed by atoms with E-state index in [0.717, 1.165) is 18.4 Å². The number of likely N-dealkylation sites (tertiary alicyclic amines) is 1. The molecule has 1 N–H and O–H groups in total. The summed E-state index contributed by atoms with van der Waals surface area (Å²) in [7, 11) is 0. The van der Waals surface area contributed by atoms with Crippen LogP contribution < -0.4 is 0 Å². The highest BCUT2D eigenvalue weighted by atomic mass is 19.1. The third-order valence-corrected chi connectivity index (χ3v) is 4.57. The van der Waals surface area contributed by atoms with Gasteiger partial charge in [0.1, 0.15) is 17.6 Å². The molecule has 1 fully saturated rings. The number of ether oxygens (including phenoxy) is 1. The Hall–Kier alpha value is -1.66. The maximum atomic E-state index is 13.4. The first-order valence-corrected chi connectivity index (χ1v) is 8.45. The van der Waals surface area contributed by atoms with Crippen LogP contribution in [0.2, 0.25) is 0 Å². The van der Waals surface area contributed by atoms with Gasteiger partial charge in [0.05, 0.1) is 0 Å². The van der Waals surface area contributed by atoms with Crippen LogP contribution in [0.15, 0.2) is 18.2 Å². The van der Waals surface area contributed by atoms with E-state index in [0.29, 0.717) is 25.2 Å². The third kappa shape index (κ3) is 3.54. The van der Waals surface area contributed by atoms with E-state index in [4.69, 9.17) is 4.74 Å². The lowest BCUT2D eigenvalue weighted by atomic mass is 10.0. The van der Waals surface area contributed by atoms with Crippen LogP contribution in [0.25, 0.3) is 0 Å². The van der Waals surface area contributed by atoms with Gasteiger partial charge in [0.15, 0.2) is 0 Å². The maximum Gasteiger partial charge on any atom is 0.410 e. The van der Waals surface area contributed by atoms with E-state index in [1.165, 1.54) is 12.1 Å². The van der Waals surface area contributed by atoms with E-state index in [2.05, 4.69) is 0 Å². The van der Waals surface area contributed by atoms with Crippen molar-refractivity contribution in [2.24, 2.45) is 0 Å². The Kier molecular flexibility index (Phi) is 4.53. The number of fused-ring (bicyclic) bond motifs is 1. The van der Waals surface area contributed by atoms with Crippen molar-refractivity contribution in [3.8, 4) is 0 Å². The van der Waals surface area contributed by atoms with E-state index in [-0.39, 0.29) is 18.0 Å². The molecule has 0 aliphatic carbocycles. The summed E-state index contributed by atoms with van der Waals surface area (Å²) in [5, 5.41) is 10.6. The van der Waals surface area contributed by atoms with Crippen molar-refractivity contribution >= 4 is 6.09 Å². The van der Waals surface area contributed by atoms with E-state index in [1.807, 2.05) is 25.7 Å². The van der Waals surface area contributed by atoms with Crippen molar-refractivity contribution < 1.29 is 19.0 Å². The van der Waals surface area contributed by atoms with Crippen molar-refractivity contribution in [2.75, 3.05) is 13.1 Å². The lowest BCUT2D eigenvalue weighted by Gasteiger charge is -2.39. The molecule has 3 rings (SSSR count). The maximum absolute atomic E-state index is 13.4. The number of rotatable bonds is 1. The molecule has 1 saturated heterocycles. The van der Waals surface area contributed by atoms with Crippen molar-refractivity contribution in [2.45, 2.75) is 58.0 Å². The number of halogens is 1. The monoisotopic (exact) mass is 336 g/mol. The van der Waals surface area contributed by atoms with Gasteiger partial charge in [-0.1, -0.05) is 6.07 Å². The Labute approximate surface area is 142 Å². The highest BCUT2D eigenvalue weighted by Crippen LogP contribution is 2.36. The number of carbonyl (C=O) groups is 1. The highest BCUT2D eigenvalue weighted by Gasteiger charge is 2.37. The summed E-state index contributed by atoms with van der Waals surface area (Å²) in [6.45, 7) is 7.30. The van der Waals surface area contributed by atoms with Crippen molar-refractivity contribution in [3.05, 3.63) is 35.1 Å². The number of aliphatic hydroxyl groups is 1. The summed E-state index contributed by atoms with van der Waals surface area (Å²) in [5.74, 6) is -0.339. The van der Waals surface area contributed by atoms with E-state index >= 15 is 0 Å². The predicted octanol–water partition coefficient (Wildman–Crippen LogP) is 3.03. The minimum absolute atomic E-state index is 0.0386. The van der Waals surface area contributed by atoms with Gasteiger partial charge in [0.25, 0.3) is 0 Å². The van der Waals surface area contributed by atoms with Gasteiger partial charge in [-0.25, -0.2) is 9.18 Å². The molecule has 2 unspecified atom stereocenters. The molecule has 5 nitrogen and oxygen atoms in total. The number of piperidine rings is 1. The molecule has 2 atom stereocenters. The smallest absolute Gasteiger partial charge is 0.410 e. The molecular weight excluding hydrogens is 311 g/mol. The summed E-state index contributed by atoms with van der Waals surface area (Å²) >= 11 is 0. The number of hydrogen-bond donors (Lipinski definition) is 1. The summed E-state index contributed by atoms with van der Waals surface area (Å²) < 4.78 is 18.9. The first-order chi connectivity index (χ1) is 11.2. The summed E-state index contributed by atoms with van der Waals surface area (Å²) in [6.07, 6.45) is 0.619. The van der Waals surface area contributed by atoms with Crippen LogP contribution in [0.5, 0.6) is 0 Å². The van der Waals surface area contributed by atoms with Crippen LogP contribution in [0, 0.1) is 5.82 Å². The molecule has 2 aliphatic heterocycles. The molecular formula is C18H25FN2O3. The lowest BCUT2D eigenvalue weighted by Crippen LogP contribution is -2.50. The van der Waals surface area contributed by atoms with Crippen LogP contribution in [-0.4, -0.2) is 45.7 Å². The van der Waals surface area contributed by atoms with Crippen molar-refractivity contribution in [1.82, 2.24) is 9.80 Å². The fraction of sp³-hybridized carbons (Fsp3) is 0.611. The molecule has 2 aliphatic rings. The average molecular weight is 336 g/mol. The van der Waals surface area contributed by atoms with E-state index in [9.17, 15) is 14.3 Å². The van der Waals surface area contributed by atoms with Crippen molar-refractivity contribution in [3.63, 3.8) is 0 Å². The highest BCUT2D eigenvalue weighted by molar-refractivity contribution is 5.68. The number of aliphatic hydroxyl groups excluding tert-OH is 1. The molecule has 0 bridgehead atoms. The number of hydrogen-bond acceptors (Lipinski definition) is 4. The van der Waals surface area contributed by atoms with Gasteiger partial charge in [-0.3, -0.25) is 4.90 Å². The molecule has 1 amide bonds. The normalized spacial score (nSPS) is 24.8. The number of benzene rings is 1. The standard InChI is InChI=1S/C18H25FN2O3/c1-18(2,3)24-17(23)20-8-4-5-14(11-20)21-10-12-6-7-13(19)9-15(12)16(21)22/h6-7,9,14,16,22H,4-5,8,10-11H2,1-3H3. The molecule has 132 valence electrons. The van der Waals surface area contributed by atoms with E-state index < -0.39 is 11.8 Å². The van der Waals surface area contributed by atoms with Crippen LogP contribution in [-0.2, 0) is 11.3 Å². The Bertz CT molecular complexity index is 629. The second kappa shape index (κ2) is 6.33. The minimum Gasteiger partial charge on any atom is -0.444 e. The number of amides is 1. The molecule has 24 heavy (non-hydrogen) atoms. The summed E-state index contributed by atoms with van der Waals surface area (Å²) in [5.41, 5.74) is 1.05. The van der Waals surface area contributed by atoms with Crippen LogP contribution in [0.1, 0.15) is 51.0 Å². The van der Waals surface area contributed by atoms with Gasteiger partial charge in [0.2, 0.25) is 0 Å². The van der Waals surface area contributed by atoms with Gasteiger partial charge in [-0.15, -0.1) is 0 Å². The topological polar surface area (TPSA) is 53.0 Å². The van der Waals surface area contributed by atoms with Gasteiger partial charge >= 0.3 is 6.09 Å². The summed E-state index contributed by atoms with van der Waals surface area (Å²) in [6, 6.07) is 4.58. The Morgan fingerprint density at radius 1 is 1.38 bits per heavy atom. The molecule has 1 aromatic rings. The Morgan fingerprint density at radius 2 is 2.12 bits per heavy atom. The molecule has 6 heteroatoms. The zero-order chi connectivity index (χ0) is 17.5. The van der Waals surface area contributed by atoms with E-state index in [1.54, 1.807) is 11.0 Å². The predicted molar refractivity (Wildman–Crippen MR) is 87.7 cm³/mol. The second-order valence-corrected chi connectivity index (χ2v) is 7.61. The van der Waals surface area contributed by atoms with Gasteiger partial charge < -0.3 is 14.7 Å². The van der Waals surface area contributed by atoms with Gasteiger partial charge in [0, 0.05) is 31.2 Å².